The Morgan fingerprint density at radius 2 is 0.694 bits per heavy atom. The Kier molecular flexibility index (Phi) is 9.82. The maximum Gasteiger partial charge on any atom is 0.143 e. The molecule has 2 aromatic heterocycles. The van der Waals surface area contributed by atoms with Gasteiger partial charge in [-0.25, -0.2) is 0 Å². The van der Waals surface area contributed by atoms with Crippen LogP contribution >= 0.6 is 0 Å². The molecule has 12 aromatic carbocycles. The van der Waals surface area contributed by atoms with Gasteiger partial charge in [-0.1, -0.05) is 176 Å². The second-order valence-electron chi connectivity index (χ2n) is 18.5. The van der Waals surface area contributed by atoms with Gasteiger partial charge in [-0.3, -0.25) is 0 Å². The van der Waals surface area contributed by atoms with E-state index in [1.54, 1.807) is 0 Å². The van der Waals surface area contributed by atoms with E-state index in [-0.39, 0.29) is 0 Å². The number of hydrogen-bond donors (Lipinski definition) is 0. The standard InChI is InChI=1S/C68H44N2O2/c1-2-15-45(16-3-1)47-35-38-54(39-36-47)69(62-29-14-32-65-67(62)60-40-37-48-18-6-7-26-58(48)68(60)72-65)55-23-10-20-50(42-55)51-21-11-24-56(43-51)70(61-28-13-31-64-66(61)59-27-8-9-30-63(59)71-64)57-25-12-22-52(44-57)53-34-33-46-17-4-5-19-49(46)41-53/h1-44H. The summed E-state index contributed by atoms with van der Waals surface area (Å²) in [7, 11) is 0. The zero-order valence-electron chi connectivity index (χ0n) is 39.1. The number of furan rings is 2. The molecule has 0 N–H and O–H groups in total. The molecule has 338 valence electrons. The lowest BCUT2D eigenvalue weighted by Gasteiger charge is -2.28. The monoisotopic (exact) mass is 920 g/mol. The average Bonchev–Trinajstić information content (AvgIpc) is 4.04. The van der Waals surface area contributed by atoms with Gasteiger partial charge in [0.15, 0.2) is 0 Å². The smallest absolute Gasteiger partial charge is 0.143 e. The molecule has 0 saturated heterocycles. The van der Waals surface area contributed by atoms with Crippen molar-refractivity contribution in [1.82, 2.24) is 0 Å². The quantitative estimate of drug-likeness (QED) is 0.144. The lowest BCUT2D eigenvalue weighted by Crippen LogP contribution is -2.11. The maximum absolute atomic E-state index is 6.76. The van der Waals surface area contributed by atoms with Crippen LogP contribution in [0.4, 0.5) is 34.1 Å². The summed E-state index contributed by atoms with van der Waals surface area (Å²) in [5, 5.41) is 8.99. The van der Waals surface area contributed by atoms with Crippen LogP contribution in [-0.2, 0) is 0 Å². The van der Waals surface area contributed by atoms with Gasteiger partial charge in [-0.05, 0) is 141 Å². The van der Waals surface area contributed by atoms with E-state index in [4.69, 9.17) is 8.83 Å². The van der Waals surface area contributed by atoms with E-state index in [1.807, 2.05) is 6.07 Å². The van der Waals surface area contributed by atoms with Crippen molar-refractivity contribution in [2.45, 2.75) is 0 Å². The van der Waals surface area contributed by atoms with Crippen molar-refractivity contribution < 1.29 is 8.83 Å². The molecule has 0 bridgehead atoms. The van der Waals surface area contributed by atoms with Crippen molar-refractivity contribution in [3.8, 4) is 33.4 Å². The minimum Gasteiger partial charge on any atom is -0.456 e. The summed E-state index contributed by atoms with van der Waals surface area (Å²) in [5.74, 6) is 0. The highest BCUT2D eigenvalue weighted by Gasteiger charge is 2.23. The molecule has 14 aromatic rings. The highest BCUT2D eigenvalue weighted by Crippen LogP contribution is 2.47. The predicted octanol–water partition coefficient (Wildman–Crippen LogP) is 19.7. The first-order valence-electron chi connectivity index (χ1n) is 24.5. The molecule has 0 saturated carbocycles. The molecular formula is C68H44N2O2. The first kappa shape index (κ1) is 41.3. The van der Waals surface area contributed by atoms with Crippen molar-refractivity contribution in [3.05, 3.63) is 267 Å². The molecule has 0 aliphatic rings. The van der Waals surface area contributed by atoms with E-state index in [9.17, 15) is 0 Å². The molecule has 4 nitrogen and oxygen atoms in total. The third kappa shape index (κ3) is 7.08. The van der Waals surface area contributed by atoms with Gasteiger partial charge in [0.1, 0.15) is 22.3 Å². The van der Waals surface area contributed by atoms with Crippen LogP contribution in [0.2, 0.25) is 0 Å². The molecule has 0 unspecified atom stereocenters. The SMILES string of the molecule is c1ccc(-c2ccc(N(c3cccc(-c4cccc(N(c5cccc(-c6ccc7ccccc7c6)c5)c5cccc6oc7ccccc7c56)c4)c3)c3cccc4oc5c6ccccc6ccc5c34)cc2)cc1. The number of anilines is 6. The van der Waals surface area contributed by atoms with Crippen molar-refractivity contribution in [2.24, 2.45) is 0 Å². The van der Waals surface area contributed by atoms with Crippen LogP contribution in [-0.4, -0.2) is 0 Å². The molecule has 72 heavy (non-hydrogen) atoms. The molecule has 0 fully saturated rings. The summed E-state index contributed by atoms with van der Waals surface area (Å²) in [5.41, 5.74) is 16.5. The molecular weight excluding hydrogens is 877 g/mol. The van der Waals surface area contributed by atoms with Gasteiger partial charge < -0.3 is 18.6 Å². The Morgan fingerprint density at radius 3 is 1.38 bits per heavy atom. The van der Waals surface area contributed by atoms with Crippen LogP contribution in [0.3, 0.4) is 0 Å². The minimum absolute atomic E-state index is 0.846. The Balaban J connectivity index is 0.931. The molecule has 0 atom stereocenters. The zero-order valence-corrected chi connectivity index (χ0v) is 39.1. The first-order chi connectivity index (χ1) is 35.7. The van der Waals surface area contributed by atoms with Gasteiger partial charge in [0.25, 0.3) is 0 Å². The highest BCUT2D eigenvalue weighted by atomic mass is 16.3. The van der Waals surface area contributed by atoms with E-state index in [2.05, 4.69) is 271 Å². The van der Waals surface area contributed by atoms with Crippen LogP contribution in [0.5, 0.6) is 0 Å². The molecule has 2 heterocycles. The van der Waals surface area contributed by atoms with E-state index in [0.717, 1.165) is 111 Å². The lowest BCUT2D eigenvalue weighted by molar-refractivity contribution is 0.669. The second kappa shape index (κ2) is 17.1. The summed E-state index contributed by atoms with van der Waals surface area (Å²) < 4.78 is 13.3. The zero-order chi connectivity index (χ0) is 47.5. The van der Waals surface area contributed by atoms with E-state index in [1.165, 1.54) is 21.9 Å². The number of para-hydroxylation sites is 1. The van der Waals surface area contributed by atoms with Crippen LogP contribution < -0.4 is 9.80 Å². The lowest BCUT2D eigenvalue weighted by atomic mass is 9.99. The van der Waals surface area contributed by atoms with Crippen molar-refractivity contribution in [2.75, 3.05) is 9.80 Å². The summed E-state index contributed by atoms with van der Waals surface area (Å²) in [6.45, 7) is 0. The van der Waals surface area contributed by atoms with Crippen molar-refractivity contribution in [1.29, 1.82) is 0 Å². The summed E-state index contributed by atoms with van der Waals surface area (Å²) in [4.78, 5) is 4.77. The normalized spacial score (nSPS) is 11.6. The minimum atomic E-state index is 0.846. The van der Waals surface area contributed by atoms with Crippen LogP contribution in [0.15, 0.2) is 276 Å². The molecule has 0 radical (unpaired) electrons. The third-order valence-corrected chi connectivity index (χ3v) is 14.2. The Labute approximate surface area is 416 Å². The average molecular weight is 921 g/mol. The Bertz CT molecular complexity index is 4360. The van der Waals surface area contributed by atoms with Crippen LogP contribution in [0.25, 0.3) is 98.8 Å². The number of rotatable bonds is 9. The Morgan fingerprint density at radius 1 is 0.236 bits per heavy atom. The van der Waals surface area contributed by atoms with E-state index >= 15 is 0 Å². The molecule has 0 aliphatic carbocycles. The van der Waals surface area contributed by atoms with Gasteiger partial charge in [-0.15, -0.1) is 0 Å². The summed E-state index contributed by atoms with van der Waals surface area (Å²) in [6.07, 6.45) is 0. The molecule has 14 rings (SSSR count). The fraction of sp³-hybridized carbons (Fsp3) is 0. The number of benzene rings is 12. The van der Waals surface area contributed by atoms with Crippen molar-refractivity contribution >= 4 is 99.5 Å². The predicted molar refractivity (Wildman–Crippen MR) is 302 cm³/mol. The third-order valence-electron chi connectivity index (χ3n) is 14.2. The van der Waals surface area contributed by atoms with E-state index < -0.39 is 0 Å². The molecule has 0 aliphatic heterocycles. The molecule has 0 spiro atoms. The highest BCUT2D eigenvalue weighted by molar-refractivity contribution is 6.20. The summed E-state index contributed by atoms with van der Waals surface area (Å²) >= 11 is 0. The number of nitrogens with zero attached hydrogens (tertiary/aromatic N) is 2. The van der Waals surface area contributed by atoms with Crippen molar-refractivity contribution in [3.63, 3.8) is 0 Å². The molecule has 0 amide bonds. The second-order valence-corrected chi connectivity index (χ2v) is 18.5. The van der Waals surface area contributed by atoms with Gasteiger partial charge in [0.05, 0.1) is 22.1 Å². The fourth-order valence-electron chi connectivity index (χ4n) is 10.8. The summed E-state index contributed by atoms with van der Waals surface area (Å²) in [6, 6.07) is 95.5. The topological polar surface area (TPSA) is 32.8 Å². The first-order valence-corrected chi connectivity index (χ1v) is 24.5. The van der Waals surface area contributed by atoms with Crippen LogP contribution in [0, 0.1) is 0 Å². The largest absolute Gasteiger partial charge is 0.456 e. The van der Waals surface area contributed by atoms with Crippen LogP contribution in [0.1, 0.15) is 0 Å². The maximum atomic E-state index is 6.76. The fourth-order valence-corrected chi connectivity index (χ4v) is 10.8. The number of hydrogen-bond acceptors (Lipinski definition) is 4. The Hall–Kier alpha value is -9.64. The van der Waals surface area contributed by atoms with E-state index in [0.29, 0.717) is 0 Å². The van der Waals surface area contributed by atoms with Gasteiger partial charge in [-0.2, -0.15) is 0 Å². The number of fused-ring (bicyclic) bond motifs is 9. The molecule has 4 heteroatoms. The van der Waals surface area contributed by atoms with Gasteiger partial charge >= 0.3 is 0 Å². The van der Waals surface area contributed by atoms with Gasteiger partial charge in [0, 0.05) is 38.9 Å². The van der Waals surface area contributed by atoms with Gasteiger partial charge in [0.2, 0.25) is 0 Å².